The van der Waals surface area contributed by atoms with Gasteiger partial charge in [0.05, 0.1) is 0 Å². The van der Waals surface area contributed by atoms with Crippen molar-refractivity contribution in [3.05, 3.63) is 64.4 Å². The van der Waals surface area contributed by atoms with Gasteiger partial charge in [-0.2, -0.15) is 0 Å². The summed E-state index contributed by atoms with van der Waals surface area (Å²) in [6.45, 7) is 1.42. The van der Waals surface area contributed by atoms with Crippen LogP contribution in [0.3, 0.4) is 0 Å². The molecular weight excluding hydrogens is 283 g/mol. The Morgan fingerprint density at radius 3 is 2.63 bits per heavy atom. The molecule has 0 aliphatic rings. The summed E-state index contributed by atoms with van der Waals surface area (Å²) >= 11 is 7.41. The van der Waals surface area contributed by atoms with Gasteiger partial charge in [0.25, 0.3) is 0 Å². The molecule has 0 atom stereocenters. The molecule has 0 fully saturated rings. The average Bonchev–Trinajstić information content (AvgIpc) is 2.39. The van der Waals surface area contributed by atoms with Gasteiger partial charge in [0.2, 0.25) is 0 Å². The zero-order valence-electron chi connectivity index (χ0n) is 10.3. The monoisotopic (exact) mass is 294 g/mol. The highest BCUT2D eigenvalue weighted by Crippen LogP contribution is 2.28. The summed E-state index contributed by atoms with van der Waals surface area (Å²) in [4.78, 5) is 11.7. The topological polar surface area (TPSA) is 17.1 Å². The molecule has 0 heterocycles. The van der Waals surface area contributed by atoms with Crippen molar-refractivity contribution in [3.63, 3.8) is 0 Å². The first kappa shape index (κ1) is 14.1. The van der Waals surface area contributed by atoms with E-state index in [-0.39, 0.29) is 11.6 Å². The highest BCUT2D eigenvalue weighted by atomic mass is 35.5. The number of halogens is 2. The lowest BCUT2D eigenvalue weighted by Gasteiger charge is -2.06. The van der Waals surface area contributed by atoms with Crippen molar-refractivity contribution >= 4 is 29.1 Å². The number of hydrogen-bond acceptors (Lipinski definition) is 2. The fourth-order valence-corrected chi connectivity index (χ4v) is 2.81. The number of rotatable bonds is 4. The molecule has 0 N–H and O–H groups in total. The molecule has 0 saturated carbocycles. The number of benzene rings is 2. The highest BCUT2D eigenvalue weighted by Gasteiger charge is 2.08. The van der Waals surface area contributed by atoms with Crippen LogP contribution in [0.4, 0.5) is 4.39 Å². The van der Waals surface area contributed by atoms with Crippen LogP contribution in [0, 0.1) is 5.82 Å². The molecule has 0 saturated heterocycles. The van der Waals surface area contributed by atoms with Crippen molar-refractivity contribution < 1.29 is 9.18 Å². The van der Waals surface area contributed by atoms with Crippen molar-refractivity contribution in [2.45, 2.75) is 17.6 Å². The molecule has 0 spiro atoms. The lowest BCUT2D eigenvalue weighted by Crippen LogP contribution is -1.94. The van der Waals surface area contributed by atoms with E-state index in [0.717, 1.165) is 5.56 Å². The van der Waals surface area contributed by atoms with Gasteiger partial charge in [0, 0.05) is 21.2 Å². The number of thioether (sulfide) groups is 1. The van der Waals surface area contributed by atoms with Crippen molar-refractivity contribution in [1.82, 2.24) is 0 Å². The summed E-state index contributed by atoms with van der Waals surface area (Å²) in [5.41, 5.74) is 1.35. The van der Waals surface area contributed by atoms with Crippen LogP contribution in [0.1, 0.15) is 22.8 Å². The van der Waals surface area contributed by atoms with Crippen LogP contribution in [0.2, 0.25) is 5.02 Å². The Labute approximate surface area is 120 Å². The van der Waals surface area contributed by atoms with Crippen LogP contribution >= 0.6 is 23.4 Å². The Balaban J connectivity index is 2.12. The van der Waals surface area contributed by atoms with Gasteiger partial charge in [0.1, 0.15) is 5.82 Å². The summed E-state index contributed by atoms with van der Waals surface area (Å²) in [6.07, 6.45) is 0. The lowest BCUT2D eigenvalue weighted by molar-refractivity contribution is 0.101. The maximum Gasteiger partial charge on any atom is 0.159 e. The van der Waals surface area contributed by atoms with Crippen LogP contribution in [0.25, 0.3) is 0 Å². The standard InChI is InChI=1S/C15H12ClFOS/c1-10(18)11-6-7-15(14(17)8-11)19-9-12-4-2-3-5-13(12)16/h2-8H,9H2,1H3. The minimum atomic E-state index is -0.371. The smallest absolute Gasteiger partial charge is 0.159 e. The number of ketones is 1. The van der Waals surface area contributed by atoms with E-state index in [9.17, 15) is 9.18 Å². The molecule has 0 amide bonds. The normalized spacial score (nSPS) is 10.5. The molecule has 1 nitrogen and oxygen atoms in total. The van der Waals surface area contributed by atoms with E-state index >= 15 is 0 Å². The first-order chi connectivity index (χ1) is 9.08. The minimum Gasteiger partial charge on any atom is -0.295 e. The van der Waals surface area contributed by atoms with E-state index < -0.39 is 0 Å². The van der Waals surface area contributed by atoms with Gasteiger partial charge in [-0.15, -0.1) is 11.8 Å². The van der Waals surface area contributed by atoms with Crippen LogP contribution in [0.5, 0.6) is 0 Å². The molecule has 19 heavy (non-hydrogen) atoms. The zero-order valence-corrected chi connectivity index (χ0v) is 11.9. The zero-order chi connectivity index (χ0) is 13.8. The molecule has 0 unspecified atom stereocenters. The summed E-state index contributed by atoms with van der Waals surface area (Å²) in [5.74, 6) is 0.0852. The number of hydrogen-bond donors (Lipinski definition) is 0. The molecule has 2 aromatic rings. The molecular formula is C15H12ClFOS. The van der Waals surface area contributed by atoms with Gasteiger partial charge >= 0.3 is 0 Å². The molecule has 0 radical (unpaired) electrons. The molecule has 0 aliphatic heterocycles. The Morgan fingerprint density at radius 1 is 1.26 bits per heavy atom. The maximum atomic E-state index is 13.8. The van der Waals surface area contributed by atoms with E-state index in [2.05, 4.69) is 0 Å². The van der Waals surface area contributed by atoms with E-state index in [1.165, 1.54) is 24.8 Å². The Kier molecular flexibility index (Phi) is 4.61. The van der Waals surface area contributed by atoms with Crippen molar-refractivity contribution in [1.29, 1.82) is 0 Å². The van der Waals surface area contributed by atoms with Gasteiger partial charge < -0.3 is 0 Å². The summed E-state index contributed by atoms with van der Waals surface area (Å²) < 4.78 is 13.8. The quantitative estimate of drug-likeness (QED) is 0.585. The molecule has 0 bridgehead atoms. The second-order valence-corrected chi connectivity index (χ2v) is 5.51. The molecule has 0 aromatic heterocycles. The number of carbonyl (C=O) groups excluding carboxylic acids is 1. The number of Topliss-reactive ketones (excluding diaryl/α,β-unsaturated/α-hetero) is 1. The summed E-state index contributed by atoms with van der Waals surface area (Å²) in [6, 6.07) is 12.0. The Hall–Kier alpha value is -1.32. The van der Waals surface area contributed by atoms with Gasteiger partial charge in [-0.1, -0.05) is 35.9 Å². The van der Waals surface area contributed by atoms with Crippen LogP contribution < -0.4 is 0 Å². The fourth-order valence-electron chi connectivity index (χ4n) is 1.61. The van der Waals surface area contributed by atoms with Crippen LogP contribution in [0.15, 0.2) is 47.4 Å². The summed E-state index contributed by atoms with van der Waals surface area (Å²) in [5, 5.41) is 0.677. The van der Waals surface area contributed by atoms with E-state index in [1.807, 2.05) is 24.3 Å². The Morgan fingerprint density at radius 2 is 2.00 bits per heavy atom. The molecule has 2 aromatic carbocycles. The highest BCUT2D eigenvalue weighted by molar-refractivity contribution is 7.98. The van der Waals surface area contributed by atoms with Crippen LogP contribution in [-0.4, -0.2) is 5.78 Å². The maximum absolute atomic E-state index is 13.8. The SMILES string of the molecule is CC(=O)c1ccc(SCc2ccccc2Cl)c(F)c1. The predicted octanol–water partition coefficient (Wildman–Crippen LogP) is 4.97. The lowest BCUT2D eigenvalue weighted by atomic mass is 10.1. The first-order valence-corrected chi connectivity index (χ1v) is 7.11. The fraction of sp³-hybridized carbons (Fsp3) is 0.133. The largest absolute Gasteiger partial charge is 0.295 e. The molecule has 0 aliphatic carbocycles. The van der Waals surface area contributed by atoms with Gasteiger partial charge in [-0.3, -0.25) is 4.79 Å². The predicted molar refractivity (Wildman–Crippen MR) is 77.4 cm³/mol. The van der Waals surface area contributed by atoms with E-state index in [1.54, 1.807) is 12.1 Å². The molecule has 98 valence electrons. The average molecular weight is 295 g/mol. The first-order valence-electron chi connectivity index (χ1n) is 5.74. The third-order valence-corrected chi connectivity index (χ3v) is 4.15. The van der Waals surface area contributed by atoms with Crippen molar-refractivity contribution in [2.24, 2.45) is 0 Å². The van der Waals surface area contributed by atoms with E-state index in [4.69, 9.17) is 11.6 Å². The molecule has 2 rings (SSSR count). The van der Waals surface area contributed by atoms with Crippen molar-refractivity contribution in [3.8, 4) is 0 Å². The Bertz CT molecular complexity index is 613. The number of carbonyl (C=O) groups is 1. The third kappa shape index (κ3) is 3.58. The van der Waals surface area contributed by atoms with Gasteiger partial charge in [-0.05, 0) is 30.7 Å². The second kappa shape index (κ2) is 6.22. The van der Waals surface area contributed by atoms with E-state index in [0.29, 0.717) is 21.2 Å². The van der Waals surface area contributed by atoms with Gasteiger partial charge in [-0.25, -0.2) is 4.39 Å². The summed E-state index contributed by atoms with van der Waals surface area (Å²) in [7, 11) is 0. The van der Waals surface area contributed by atoms with Gasteiger partial charge in [0.15, 0.2) is 5.78 Å². The minimum absolute atomic E-state index is 0.137. The third-order valence-electron chi connectivity index (χ3n) is 2.68. The van der Waals surface area contributed by atoms with Crippen LogP contribution in [-0.2, 0) is 5.75 Å². The second-order valence-electron chi connectivity index (χ2n) is 4.08. The molecule has 4 heteroatoms. The van der Waals surface area contributed by atoms with Crippen molar-refractivity contribution in [2.75, 3.05) is 0 Å².